The van der Waals surface area contributed by atoms with E-state index in [2.05, 4.69) is 10.3 Å². The van der Waals surface area contributed by atoms with E-state index >= 15 is 0 Å². The molecule has 2 aromatic rings. The molecule has 1 amide bonds. The Morgan fingerprint density at radius 3 is 2.84 bits per heavy atom. The standard InChI is InChI=1S/C13H9ClN4O/c14-9-5-4-8(7-15)11(6-9)18-13(19)10-2-1-3-12(16)17-10/h1-6H,(H2,16,17)(H,18,19). The van der Waals surface area contributed by atoms with Crippen molar-refractivity contribution in [2.45, 2.75) is 0 Å². The summed E-state index contributed by atoms with van der Waals surface area (Å²) in [4.78, 5) is 15.9. The number of benzene rings is 1. The number of carbonyl (C=O) groups excluding carboxylic acids is 1. The molecule has 0 fully saturated rings. The van der Waals surface area contributed by atoms with E-state index in [0.717, 1.165) is 0 Å². The highest BCUT2D eigenvalue weighted by atomic mass is 35.5. The maximum atomic E-state index is 12.0. The van der Waals surface area contributed by atoms with Gasteiger partial charge in [-0.2, -0.15) is 5.26 Å². The summed E-state index contributed by atoms with van der Waals surface area (Å²) in [5, 5.41) is 12.0. The van der Waals surface area contributed by atoms with Crippen LogP contribution in [0.15, 0.2) is 36.4 Å². The van der Waals surface area contributed by atoms with Crippen molar-refractivity contribution in [1.82, 2.24) is 4.98 Å². The predicted octanol–water partition coefficient (Wildman–Crippen LogP) is 2.44. The molecule has 6 heteroatoms. The normalized spacial score (nSPS) is 9.68. The van der Waals surface area contributed by atoms with Crippen LogP contribution in [0.4, 0.5) is 11.5 Å². The predicted molar refractivity (Wildman–Crippen MR) is 72.8 cm³/mol. The van der Waals surface area contributed by atoms with Crippen LogP contribution in [0.3, 0.4) is 0 Å². The number of carbonyl (C=O) groups is 1. The summed E-state index contributed by atoms with van der Waals surface area (Å²) in [5.74, 6) is -0.203. The number of aromatic nitrogens is 1. The van der Waals surface area contributed by atoms with E-state index in [1.807, 2.05) is 6.07 Å². The summed E-state index contributed by atoms with van der Waals surface area (Å²) < 4.78 is 0. The lowest BCUT2D eigenvalue weighted by atomic mass is 10.2. The van der Waals surface area contributed by atoms with Crippen molar-refractivity contribution < 1.29 is 4.79 Å². The average molecular weight is 273 g/mol. The molecule has 0 atom stereocenters. The Hall–Kier alpha value is -2.58. The molecule has 0 saturated heterocycles. The van der Waals surface area contributed by atoms with Crippen molar-refractivity contribution in [3.63, 3.8) is 0 Å². The summed E-state index contributed by atoms with van der Waals surface area (Å²) in [6, 6.07) is 11.3. The van der Waals surface area contributed by atoms with Crippen molar-refractivity contribution in [2.24, 2.45) is 0 Å². The molecule has 0 saturated carbocycles. The van der Waals surface area contributed by atoms with Crippen LogP contribution >= 0.6 is 11.6 Å². The number of hydrogen-bond acceptors (Lipinski definition) is 4. The van der Waals surface area contributed by atoms with Gasteiger partial charge in [-0.25, -0.2) is 4.98 Å². The Labute approximate surface area is 114 Å². The molecule has 0 aliphatic heterocycles. The molecule has 1 aromatic heterocycles. The van der Waals surface area contributed by atoms with Crippen molar-refractivity contribution in [3.05, 3.63) is 52.7 Å². The van der Waals surface area contributed by atoms with Gasteiger partial charge in [-0.05, 0) is 30.3 Å². The molecule has 0 radical (unpaired) electrons. The summed E-state index contributed by atoms with van der Waals surface area (Å²) in [6.07, 6.45) is 0. The first-order valence-corrected chi connectivity index (χ1v) is 5.71. The minimum absolute atomic E-state index is 0.170. The number of amides is 1. The third kappa shape index (κ3) is 3.00. The number of nitrogens with one attached hydrogen (secondary N) is 1. The molecule has 94 valence electrons. The Bertz CT molecular complexity index is 679. The van der Waals surface area contributed by atoms with Crippen LogP contribution in [0.25, 0.3) is 0 Å². The van der Waals surface area contributed by atoms with Gasteiger partial charge in [-0.3, -0.25) is 4.79 Å². The minimum Gasteiger partial charge on any atom is -0.384 e. The van der Waals surface area contributed by atoms with Crippen LogP contribution in [0.1, 0.15) is 16.1 Å². The van der Waals surface area contributed by atoms with Gasteiger partial charge in [0.1, 0.15) is 17.6 Å². The van der Waals surface area contributed by atoms with Gasteiger partial charge in [-0.1, -0.05) is 17.7 Å². The van der Waals surface area contributed by atoms with Crippen molar-refractivity contribution >= 4 is 29.0 Å². The zero-order chi connectivity index (χ0) is 13.8. The molecule has 0 spiro atoms. The SMILES string of the molecule is N#Cc1ccc(Cl)cc1NC(=O)c1cccc(N)n1. The fourth-order valence-corrected chi connectivity index (χ4v) is 1.65. The Morgan fingerprint density at radius 2 is 2.16 bits per heavy atom. The fraction of sp³-hybridized carbons (Fsp3) is 0. The zero-order valence-corrected chi connectivity index (χ0v) is 10.5. The number of rotatable bonds is 2. The number of hydrogen-bond donors (Lipinski definition) is 2. The number of pyridine rings is 1. The van der Waals surface area contributed by atoms with Crippen LogP contribution in [0, 0.1) is 11.3 Å². The van der Waals surface area contributed by atoms with Gasteiger partial charge in [0.05, 0.1) is 11.3 Å². The molecule has 1 aromatic carbocycles. The lowest BCUT2D eigenvalue weighted by Crippen LogP contribution is -2.15. The summed E-state index contributed by atoms with van der Waals surface area (Å²) in [5.41, 5.74) is 6.33. The molecule has 0 aliphatic carbocycles. The molecule has 19 heavy (non-hydrogen) atoms. The fourth-order valence-electron chi connectivity index (χ4n) is 1.48. The Kier molecular flexibility index (Phi) is 3.64. The molecular weight excluding hydrogens is 264 g/mol. The van der Waals surface area contributed by atoms with E-state index in [1.54, 1.807) is 18.2 Å². The maximum Gasteiger partial charge on any atom is 0.274 e. The second kappa shape index (κ2) is 5.38. The highest BCUT2D eigenvalue weighted by molar-refractivity contribution is 6.31. The first-order chi connectivity index (χ1) is 9.10. The molecule has 5 nitrogen and oxygen atoms in total. The lowest BCUT2D eigenvalue weighted by molar-refractivity contribution is 0.102. The molecule has 3 N–H and O–H groups in total. The minimum atomic E-state index is -0.453. The summed E-state index contributed by atoms with van der Waals surface area (Å²) in [7, 11) is 0. The molecule has 1 heterocycles. The number of halogens is 1. The van der Waals surface area contributed by atoms with Gasteiger partial charge in [0.25, 0.3) is 5.91 Å². The first kappa shape index (κ1) is 12.9. The number of nitrogens with zero attached hydrogens (tertiary/aromatic N) is 2. The topological polar surface area (TPSA) is 91.8 Å². The number of nitriles is 1. The molecular formula is C13H9ClN4O. The maximum absolute atomic E-state index is 12.0. The second-order valence-corrected chi connectivity index (χ2v) is 4.14. The Balaban J connectivity index is 2.29. The third-order valence-electron chi connectivity index (χ3n) is 2.35. The molecule has 0 unspecified atom stereocenters. The smallest absolute Gasteiger partial charge is 0.274 e. The van der Waals surface area contributed by atoms with Crippen molar-refractivity contribution in [1.29, 1.82) is 5.26 Å². The van der Waals surface area contributed by atoms with Crippen LogP contribution in [0.5, 0.6) is 0 Å². The summed E-state index contributed by atoms with van der Waals surface area (Å²) >= 11 is 5.83. The van der Waals surface area contributed by atoms with Gasteiger partial charge in [-0.15, -0.1) is 0 Å². The van der Waals surface area contributed by atoms with Gasteiger partial charge < -0.3 is 11.1 Å². The van der Waals surface area contributed by atoms with Gasteiger partial charge >= 0.3 is 0 Å². The molecule has 2 rings (SSSR count). The van der Waals surface area contributed by atoms with Gasteiger partial charge in [0, 0.05) is 5.02 Å². The van der Waals surface area contributed by atoms with E-state index < -0.39 is 5.91 Å². The van der Waals surface area contributed by atoms with Crippen LogP contribution in [-0.4, -0.2) is 10.9 Å². The largest absolute Gasteiger partial charge is 0.384 e. The third-order valence-corrected chi connectivity index (χ3v) is 2.59. The first-order valence-electron chi connectivity index (χ1n) is 5.33. The zero-order valence-electron chi connectivity index (χ0n) is 9.72. The van der Waals surface area contributed by atoms with E-state index in [1.165, 1.54) is 18.2 Å². The number of nitrogens with two attached hydrogens (primary N) is 1. The number of anilines is 2. The average Bonchev–Trinajstić information content (AvgIpc) is 2.39. The van der Waals surface area contributed by atoms with Crippen LogP contribution < -0.4 is 11.1 Å². The van der Waals surface area contributed by atoms with E-state index in [-0.39, 0.29) is 11.5 Å². The van der Waals surface area contributed by atoms with Crippen LogP contribution in [0.2, 0.25) is 5.02 Å². The highest BCUT2D eigenvalue weighted by Gasteiger charge is 2.11. The summed E-state index contributed by atoms with van der Waals surface area (Å²) in [6.45, 7) is 0. The number of nitrogen functional groups attached to an aromatic ring is 1. The monoisotopic (exact) mass is 272 g/mol. The van der Waals surface area contributed by atoms with E-state index in [9.17, 15) is 4.79 Å². The van der Waals surface area contributed by atoms with E-state index in [4.69, 9.17) is 22.6 Å². The quantitative estimate of drug-likeness (QED) is 0.878. The van der Waals surface area contributed by atoms with E-state index in [0.29, 0.717) is 16.3 Å². The van der Waals surface area contributed by atoms with Crippen molar-refractivity contribution in [2.75, 3.05) is 11.1 Å². The Morgan fingerprint density at radius 1 is 1.37 bits per heavy atom. The lowest BCUT2D eigenvalue weighted by Gasteiger charge is -2.07. The second-order valence-electron chi connectivity index (χ2n) is 3.70. The van der Waals surface area contributed by atoms with Crippen LogP contribution in [-0.2, 0) is 0 Å². The molecule has 0 aliphatic rings. The van der Waals surface area contributed by atoms with Gasteiger partial charge in [0.2, 0.25) is 0 Å². The van der Waals surface area contributed by atoms with Crippen molar-refractivity contribution in [3.8, 4) is 6.07 Å². The highest BCUT2D eigenvalue weighted by Crippen LogP contribution is 2.20. The molecule has 0 bridgehead atoms. The van der Waals surface area contributed by atoms with Gasteiger partial charge in [0.15, 0.2) is 0 Å².